The third-order valence-corrected chi connectivity index (χ3v) is 3.00. The molecule has 0 radical (unpaired) electrons. The summed E-state index contributed by atoms with van der Waals surface area (Å²) in [7, 11) is 0. The van der Waals surface area contributed by atoms with E-state index in [-0.39, 0.29) is 24.8 Å². The third-order valence-electron chi connectivity index (χ3n) is 3.00. The van der Waals surface area contributed by atoms with Gasteiger partial charge in [0.25, 0.3) is 5.69 Å². The second kappa shape index (κ2) is 6.31. The Morgan fingerprint density at radius 2 is 2.14 bits per heavy atom. The second-order valence-corrected chi connectivity index (χ2v) is 4.38. The average Bonchev–Trinajstić information content (AvgIpc) is 2.47. The number of hydrogen-bond acceptors (Lipinski definition) is 6. The fourth-order valence-electron chi connectivity index (χ4n) is 2.04. The monoisotopic (exact) mass is 294 g/mol. The summed E-state index contributed by atoms with van der Waals surface area (Å²) in [5.74, 6) is -0.945. The molecule has 1 fully saturated rings. The van der Waals surface area contributed by atoms with Crippen molar-refractivity contribution in [3.63, 3.8) is 0 Å². The van der Waals surface area contributed by atoms with Gasteiger partial charge in [0.1, 0.15) is 6.61 Å². The standard InChI is InChI=1S/C13H14N2O6/c1-2-20-13(17)12-11(14-10(16)7-21-12)8-3-5-9(6-4-8)15(18)19/h3-6,11-12H,2,7H2,1H3,(H,14,16). The number of esters is 1. The molecule has 0 spiro atoms. The molecule has 8 heteroatoms. The van der Waals surface area contributed by atoms with E-state index in [1.165, 1.54) is 24.3 Å². The highest BCUT2D eigenvalue weighted by molar-refractivity contribution is 5.83. The lowest BCUT2D eigenvalue weighted by molar-refractivity contribution is -0.384. The molecule has 1 saturated heterocycles. The van der Waals surface area contributed by atoms with Crippen molar-refractivity contribution < 1.29 is 24.0 Å². The Morgan fingerprint density at radius 1 is 1.48 bits per heavy atom. The van der Waals surface area contributed by atoms with Gasteiger partial charge in [0.15, 0.2) is 6.10 Å². The van der Waals surface area contributed by atoms with Gasteiger partial charge in [0.2, 0.25) is 5.91 Å². The first-order chi connectivity index (χ1) is 10.0. The van der Waals surface area contributed by atoms with Crippen molar-refractivity contribution in [3.8, 4) is 0 Å². The summed E-state index contributed by atoms with van der Waals surface area (Å²) in [5, 5.41) is 13.3. The molecule has 0 aromatic heterocycles. The number of nitrogens with one attached hydrogen (secondary N) is 1. The van der Waals surface area contributed by atoms with Gasteiger partial charge in [0, 0.05) is 12.1 Å². The van der Waals surface area contributed by atoms with Crippen LogP contribution in [-0.2, 0) is 19.1 Å². The Labute approximate surface area is 120 Å². The minimum absolute atomic E-state index is 0.0745. The highest BCUT2D eigenvalue weighted by Gasteiger charge is 2.37. The number of non-ortho nitro benzene ring substituents is 1. The van der Waals surface area contributed by atoms with Crippen molar-refractivity contribution in [2.75, 3.05) is 13.2 Å². The lowest BCUT2D eigenvalue weighted by atomic mass is 9.99. The molecule has 1 N–H and O–H groups in total. The number of morpholine rings is 1. The molecule has 21 heavy (non-hydrogen) atoms. The van der Waals surface area contributed by atoms with Gasteiger partial charge in [-0.1, -0.05) is 12.1 Å². The van der Waals surface area contributed by atoms with Gasteiger partial charge in [-0.25, -0.2) is 4.79 Å². The first-order valence-electron chi connectivity index (χ1n) is 6.35. The number of benzene rings is 1. The minimum Gasteiger partial charge on any atom is -0.464 e. The summed E-state index contributed by atoms with van der Waals surface area (Å²) < 4.78 is 10.1. The third kappa shape index (κ3) is 3.34. The fourth-order valence-corrected chi connectivity index (χ4v) is 2.04. The van der Waals surface area contributed by atoms with Crippen LogP contribution in [0.25, 0.3) is 0 Å². The summed E-state index contributed by atoms with van der Waals surface area (Å²) in [4.78, 5) is 33.4. The van der Waals surface area contributed by atoms with E-state index >= 15 is 0 Å². The molecule has 1 aromatic rings. The van der Waals surface area contributed by atoms with Crippen LogP contribution in [0.1, 0.15) is 18.5 Å². The van der Waals surface area contributed by atoms with Crippen molar-refractivity contribution >= 4 is 17.6 Å². The number of nitro benzene ring substituents is 1. The smallest absolute Gasteiger partial charge is 0.337 e. The maximum atomic E-state index is 11.9. The van der Waals surface area contributed by atoms with E-state index in [1.807, 2.05) is 0 Å². The van der Waals surface area contributed by atoms with E-state index in [0.717, 1.165) is 0 Å². The molecule has 0 aliphatic carbocycles. The van der Waals surface area contributed by atoms with Gasteiger partial charge in [-0.05, 0) is 12.5 Å². The molecule has 2 unspecified atom stereocenters. The Morgan fingerprint density at radius 3 is 2.71 bits per heavy atom. The number of nitro groups is 1. The Hall–Kier alpha value is -2.48. The Bertz CT molecular complexity index is 556. The summed E-state index contributed by atoms with van der Waals surface area (Å²) in [6, 6.07) is 4.83. The summed E-state index contributed by atoms with van der Waals surface area (Å²) in [6.07, 6.45) is -0.968. The molecule has 8 nitrogen and oxygen atoms in total. The van der Waals surface area contributed by atoms with Crippen molar-refractivity contribution in [3.05, 3.63) is 39.9 Å². The normalized spacial score (nSPS) is 21.5. The zero-order valence-electron chi connectivity index (χ0n) is 11.3. The molecule has 0 bridgehead atoms. The second-order valence-electron chi connectivity index (χ2n) is 4.38. The van der Waals surface area contributed by atoms with Gasteiger partial charge in [0.05, 0.1) is 17.6 Å². The maximum Gasteiger partial charge on any atom is 0.337 e. The molecule has 1 aromatic carbocycles. The van der Waals surface area contributed by atoms with Gasteiger partial charge in [-0.2, -0.15) is 0 Å². The van der Waals surface area contributed by atoms with Gasteiger partial charge in [-0.15, -0.1) is 0 Å². The topological polar surface area (TPSA) is 108 Å². The van der Waals surface area contributed by atoms with Crippen LogP contribution in [0, 0.1) is 10.1 Å². The Kier molecular flexibility index (Phi) is 4.49. The first kappa shape index (κ1) is 14.9. The lowest BCUT2D eigenvalue weighted by Crippen LogP contribution is -2.49. The van der Waals surface area contributed by atoms with Gasteiger partial charge >= 0.3 is 5.97 Å². The van der Waals surface area contributed by atoms with E-state index < -0.39 is 23.0 Å². The number of carbonyl (C=O) groups is 2. The van der Waals surface area contributed by atoms with Crippen LogP contribution in [0.15, 0.2) is 24.3 Å². The molecular weight excluding hydrogens is 280 g/mol. The largest absolute Gasteiger partial charge is 0.464 e. The van der Waals surface area contributed by atoms with Crippen LogP contribution in [0.5, 0.6) is 0 Å². The SMILES string of the molecule is CCOC(=O)C1OCC(=O)NC1c1ccc([N+](=O)[O-])cc1. The van der Waals surface area contributed by atoms with Crippen LogP contribution in [0.2, 0.25) is 0 Å². The highest BCUT2D eigenvalue weighted by atomic mass is 16.6. The summed E-state index contributed by atoms with van der Waals surface area (Å²) in [6.45, 7) is 1.63. The van der Waals surface area contributed by atoms with Crippen molar-refractivity contribution in [2.24, 2.45) is 0 Å². The summed E-state index contributed by atoms with van der Waals surface area (Å²) in [5.41, 5.74) is 0.459. The molecule has 1 aliphatic rings. The summed E-state index contributed by atoms with van der Waals surface area (Å²) >= 11 is 0. The van der Waals surface area contributed by atoms with E-state index in [4.69, 9.17) is 9.47 Å². The van der Waals surface area contributed by atoms with E-state index in [0.29, 0.717) is 5.56 Å². The molecule has 1 aliphatic heterocycles. The van der Waals surface area contributed by atoms with E-state index in [1.54, 1.807) is 6.92 Å². The zero-order chi connectivity index (χ0) is 15.4. The number of ether oxygens (including phenoxy) is 2. The highest BCUT2D eigenvalue weighted by Crippen LogP contribution is 2.25. The van der Waals surface area contributed by atoms with Crippen molar-refractivity contribution in [1.82, 2.24) is 5.32 Å². The molecule has 2 rings (SSSR count). The average molecular weight is 294 g/mol. The number of nitrogens with zero attached hydrogens (tertiary/aromatic N) is 1. The molecule has 1 heterocycles. The van der Waals surface area contributed by atoms with Crippen molar-refractivity contribution in [2.45, 2.75) is 19.1 Å². The zero-order valence-corrected chi connectivity index (χ0v) is 11.3. The van der Waals surface area contributed by atoms with Gasteiger partial charge in [-0.3, -0.25) is 14.9 Å². The molecule has 1 amide bonds. The van der Waals surface area contributed by atoms with Crippen molar-refractivity contribution in [1.29, 1.82) is 0 Å². The minimum atomic E-state index is -0.968. The van der Waals surface area contributed by atoms with Crippen LogP contribution >= 0.6 is 0 Å². The number of rotatable bonds is 4. The molecule has 112 valence electrons. The number of hydrogen-bond donors (Lipinski definition) is 1. The maximum absolute atomic E-state index is 11.9. The predicted octanol–water partition coefficient (Wildman–Crippen LogP) is 0.714. The number of amides is 1. The van der Waals surface area contributed by atoms with E-state index in [9.17, 15) is 19.7 Å². The van der Waals surface area contributed by atoms with Gasteiger partial charge < -0.3 is 14.8 Å². The molecule has 2 atom stereocenters. The lowest BCUT2D eigenvalue weighted by Gasteiger charge is -2.30. The predicted molar refractivity (Wildman–Crippen MR) is 70.4 cm³/mol. The molecular formula is C13H14N2O6. The Balaban J connectivity index is 2.25. The van der Waals surface area contributed by atoms with Crippen LogP contribution in [0.4, 0.5) is 5.69 Å². The van der Waals surface area contributed by atoms with Crippen LogP contribution in [0.3, 0.4) is 0 Å². The first-order valence-corrected chi connectivity index (χ1v) is 6.35. The quantitative estimate of drug-likeness (QED) is 0.498. The fraction of sp³-hybridized carbons (Fsp3) is 0.385. The number of carbonyl (C=O) groups excluding carboxylic acids is 2. The van der Waals surface area contributed by atoms with Crippen LogP contribution < -0.4 is 5.32 Å². The van der Waals surface area contributed by atoms with E-state index in [2.05, 4.69) is 5.32 Å². The van der Waals surface area contributed by atoms with Crippen LogP contribution in [-0.4, -0.2) is 36.1 Å². The molecule has 0 saturated carbocycles.